The van der Waals surface area contributed by atoms with Gasteiger partial charge in [0.05, 0.1) is 39.8 Å². The largest absolute Gasteiger partial charge is 0.489 e. The molecular formula is C29H32ClF6N7O2. The van der Waals surface area contributed by atoms with Crippen molar-refractivity contribution in [2.24, 2.45) is 0 Å². The van der Waals surface area contributed by atoms with Gasteiger partial charge in [-0.3, -0.25) is 4.90 Å². The van der Waals surface area contributed by atoms with E-state index in [1.54, 1.807) is 0 Å². The van der Waals surface area contributed by atoms with E-state index in [0.29, 0.717) is 13.0 Å². The normalized spacial score (nSPS) is 24.8. The number of nitrogen functional groups attached to an aromatic ring is 1. The zero-order valence-electron chi connectivity index (χ0n) is 24.9. The average molecular weight is 660 g/mol. The fraction of sp³-hybridized carbons (Fsp3) is 0.552. The Morgan fingerprint density at radius 2 is 1.98 bits per heavy atom. The van der Waals surface area contributed by atoms with Gasteiger partial charge in [0.1, 0.15) is 30.4 Å². The van der Waals surface area contributed by atoms with Crippen molar-refractivity contribution in [2.75, 3.05) is 44.0 Å². The zero-order chi connectivity index (χ0) is 32.6. The molecule has 4 atom stereocenters. The Kier molecular flexibility index (Phi) is 7.88. The van der Waals surface area contributed by atoms with Gasteiger partial charge in [0.25, 0.3) is 5.92 Å². The van der Waals surface area contributed by atoms with Crippen LogP contribution in [0.4, 0.5) is 38.0 Å². The molecule has 0 bridgehead atoms. The molecule has 0 radical (unpaired) electrons. The summed E-state index contributed by atoms with van der Waals surface area (Å²) >= 11 is 6.75. The van der Waals surface area contributed by atoms with E-state index in [2.05, 4.69) is 20.3 Å². The number of hydrogen-bond donors (Lipinski definition) is 2. The second kappa shape index (κ2) is 11.2. The smallest absolute Gasteiger partial charge is 0.418 e. The number of aromatic nitrogens is 3. The number of aryl methyl sites for hydroxylation is 1. The maximum Gasteiger partial charge on any atom is 0.418 e. The summed E-state index contributed by atoms with van der Waals surface area (Å²) in [7, 11) is 1.54. The van der Waals surface area contributed by atoms with Crippen LogP contribution in [0, 0.1) is 12.7 Å². The summed E-state index contributed by atoms with van der Waals surface area (Å²) in [6.07, 6.45) is -4.69. The number of pyridine rings is 1. The van der Waals surface area contributed by atoms with Crippen LogP contribution in [0.15, 0.2) is 6.07 Å². The lowest BCUT2D eigenvalue weighted by molar-refractivity contribution is -0.137. The van der Waals surface area contributed by atoms with Crippen LogP contribution in [0.25, 0.3) is 22.2 Å². The predicted molar refractivity (Wildman–Crippen MR) is 157 cm³/mol. The van der Waals surface area contributed by atoms with Crippen LogP contribution in [-0.4, -0.2) is 83.3 Å². The Morgan fingerprint density at radius 3 is 2.62 bits per heavy atom. The number of likely N-dealkylation sites (tertiary alicyclic amines) is 1. The lowest BCUT2D eigenvalue weighted by Crippen LogP contribution is -2.63. The maximum absolute atomic E-state index is 16.8. The zero-order valence-corrected chi connectivity index (χ0v) is 25.7. The van der Waals surface area contributed by atoms with E-state index in [1.807, 2.05) is 18.7 Å². The molecule has 244 valence electrons. The van der Waals surface area contributed by atoms with Gasteiger partial charge >= 0.3 is 12.2 Å². The molecule has 0 spiro atoms. The number of halogens is 7. The van der Waals surface area contributed by atoms with E-state index in [0.717, 1.165) is 6.07 Å². The number of ether oxygens (including phenoxy) is 2. The first kappa shape index (κ1) is 31.7. The fourth-order valence-electron chi connectivity index (χ4n) is 6.69. The highest BCUT2D eigenvalue weighted by molar-refractivity contribution is 6.36. The SMILES string of the molecule is CC[C@@H]1N[C@H](C)CN2c3nc(OC[C@@H]4CC(F)(F)CN4C)nc4c(F)c(-c5nc(N)cc(C)c5C(F)(F)F)c(Cl)c(c34)OC[C@H]12. The highest BCUT2D eigenvalue weighted by Crippen LogP contribution is 2.51. The Labute approximate surface area is 260 Å². The maximum atomic E-state index is 16.8. The monoisotopic (exact) mass is 659 g/mol. The van der Waals surface area contributed by atoms with E-state index < -0.39 is 64.3 Å². The quantitative estimate of drug-likeness (QED) is 0.347. The van der Waals surface area contributed by atoms with Crippen molar-refractivity contribution >= 4 is 34.1 Å². The van der Waals surface area contributed by atoms with Gasteiger partial charge in [0, 0.05) is 31.1 Å². The molecule has 2 saturated heterocycles. The van der Waals surface area contributed by atoms with Crippen molar-refractivity contribution in [3.05, 3.63) is 28.0 Å². The molecule has 1 aromatic carbocycles. The summed E-state index contributed by atoms with van der Waals surface area (Å²) in [5, 5.41) is 3.13. The Morgan fingerprint density at radius 1 is 1.24 bits per heavy atom. The fourth-order valence-corrected chi connectivity index (χ4v) is 7.01. The summed E-state index contributed by atoms with van der Waals surface area (Å²) in [6.45, 7) is 4.94. The first-order valence-corrected chi connectivity index (χ1v) is 14.9. The van der Waals surface area contributed by atoms with Gasteiger partial charge in [-0.15, -0.1) is 0 Å². The lowest BCUT2D eigenvalue weighted by Gasteiger charge is -2.44. The highest BCUT2D eigenvalue weighted by atomic mass is 35.5. The number of rotatable bonds is 5. The number of alkyl halides is 5. The van der Waals surface area contributed by atoms with E-state index in [9.17, 15) is 22.0 Å². The number of nitrogens with two attached hydrogens (primary N) is 1. The first-order chi connectivity index (χ1) is 21.1. The molecule has 5 heterocycles. The highest BCUT2D eigenvalue weighted by Gasteiger charge is 2.45. The molecule has 3 N–H and O–H groups in total. The molecule has 3 aliphatic rings. The van der Waals surface area contributed by atoms with Crippen LogP contribution in [-0.2, 0) is 6.18 Å². The van der Waals surface area contributed by atoms with Crippen molar-refractivity contribution in [3.63, 3.8) is 0 Å². The van der Waals surface area contributed by atoms with Crippen LogP contribution in [0.2, 0.25) is 5.02 Å². The number of benzene rings is 1. The summed E-state index contributed by atoms with van der Waals surface area (Å²) < 4.78 is 99.9. The van der Waals surface area contributed by atoms with E-state index in [-0.39, 0.29) is 65.7 Å². The van der Waals surface area contributed by atoms with Crippen molar-refractivity contribution in [1.29, 1.82) is 0 Å². The predicted octanol–water partition coefficient (Wildman–Crippen LogP) is 5.45. The number of anilines is 2. The third-order valence-electron chi connectivity index (χ3n) is 8.69. The first-order valence-electron chi connectivity index (χ1n) is 14.5. The molecule has 0 unspecified atom stereocenters. The molecule has 16 heteroatoms. The molecular weight excluding hydrogens is 628 g/mol. The molecule has 6 rings (SSSR count). The molecule has 3 aliphatic heterocycles. The van der Waals surface area contributed by atoms with Gasteiger partial charge in [0.15, 0.2) is 11.6 Å². The van der Waals surface area contributed by atoms with Crippen LogP contribution < -0.4 is 25.4 Å². The van der Waals surface area contributed by atoms with Gasteiger partial charge in [-0.25, -0.2) is 18.2 Å². The van der Waals surface area contributed by atoms with Crippen molar-refractivity contribution in [1.82, 2.24) is 25.2 Å². The summed E-state index contributed by atoms with van der Waals surface area (Å²) in [5.41, 5.74) is 2.43. The van der Waals surface area contributed by atoms with Crippen LogP contribution in [0.3, 0.4) is 0 Å². The van der Waals surface area contributed by atoms with Gasteiger partial charge in [-0.05, 0) is 38.9 Å². The molecule has 3 aromatic rings. The standard InChI is InChI=1S/C29H32ClF6N7O2/c1-5-15-16-10-44-25-19-24(22(31)18(21(25)30)23-20(29(34,35)36)12(2)6-17(37)39-23)40-27(41-26(19)43(16)8-13(3)38-15)45-9-14-7-28(32,33)11-42(14)4/h6,13-16,38H,5,7-11H2,1-4H3,(H2,37,39)/t13-,14+,15+,16-/m1/s1. The van der Waals surface area contributed by atoms with E-state index in [1.165, 1.54) is 18.9 Å². The molecule has 9 nitrogen and oxygen atoms in total. The number of hydrogen-bond acceptors (Lipinski definition) is 9. The van der Waals surface area contributed by atoms with Crippen molar-refractivity contribution < 1.29 is 35.8 Å². The van der Waals surface area contributed by atoms with Gasteiger partial charge < -0.3 is 25.4 Å². The average Bonchev–Trinajstić information content (AvgIpc) is 3.10. The van der Waals surface area contributed by atoms with Crippen LogP contribution in [0.5, 0.6) is 11.8 Å². The Bertz CT molecular complexity index is 1660. The Balaban J connectivity index is 1.59. The van der Waals surface area contributed by atoms with Crippen molar-refractivity contribution in [2.45, 2.75) is 69.9 Å². The number of fused-ring (bicyclic) bond motifs is 2. The van der Waals surface area contributed by atoms with Gasteiger partial charge in [0.2, 0.25) is 0 Å². The minimum Gasteiger partial charge on any atom is -0.489 e. The lowest BCUT2D eigenvalue weighted by atomic mass is 9.97. The van der Waals surface area contributed by atoms with Gasteiger partial charge in [-0.2, -0.15) is 23.1 Å². The summed E-state index contributed by atoms with van der Waals surface area (Å²) in [4.78, 5) is 16.1. The van der Waals surface area contributed by atoms with E-state index >= 15 is 4.39 Å². The third-order valence-corrected chi connectivity index (χ3v) is 9.05. The topological polar surface area (TPSA) is 102 Å². The minimum absolute atomic E-state index is 0.0232. The molecule has 0 saturated carbocycles. The summed E-state index contributed by atoms with van der Waals surface area (Å²) in [6, 6.07) is -0.405. The number of nitrogens with one attached hydrogen (secondary N) is 1. The molecule has 0 amide bonds. The van der Waals surface area contributed by atoms with Crippen LogP contribution in [0.1, 0.15) is 37.8 Å². The number of likely N-dealkylation sites (N-methyl/N-ethyl adjacent to an activating group) is 1. The molecule has 0 aliphatic carbocycles. The summed E-state index contributed by atoms with van der Waals surface area (Å²) in [5.74, 6) is -4.28. The van der Waals surface area contributed by atoms with Gasteiger partial charge in [-0.1, -0.05) is 18.5 Å². The molecule has 2 aromatic heterocycles. The van der Waals surface area contributed by atoms with Crippen LogP contribution >= 0.6 is 11.6 Å². The van der Waals surface area contributed by atoms with E-state index in [4.69, 9.17) is 26.8 Å². The van der Waals surface area contributed by atoms with Crippen molar-refractivity contribution in [3.8, 4) is 23.0 Å². The third kappa shape index (κ3) is 5.56. The second-order valence-electron chi connectivity index (χ2n) is 12.0. The minimum atomic E-state index is -4.93. The number of nitrogens with zero attached hydrogens (tertiary/aromatic N) is 5. The molecule has 2 fully saturated rings. The molecule has 45 heavy (non-hydrogen) atoms. The Hall–Kier alpha value is -3.30. The second-order valence-corrected chi connectivity index (χ2v) is 12.4. The number of piperazine rings is 1.